The number of aromatic nitrogens is 3. The summed E-state index contributed by atoms with van der Waals surface area (Å²) in [6.45, 7) is 7.96. The summed E-state index contributed by atoms with van der Waals surface area (Å²) in [5, 5.41) is 3.15. The van der Waals surface area contributed by atoms with E-state index in [1.165, 1.54) is 0 Å². The number of nitrogens with two attached hydrogens (primary N) is 1. The van der Waals surface area contributed by atoms with Crippen LogP contribution in [-0.4, -0.2) is 68.7 Å². The number of aryl methyl sites for hydroxylation is 2. The zero-order valence-electron chi connectivity index (χ0n) is 21.8. The van der Waals surface area contributed by atoms with Crippen molar-refractivity contribution in [1.29, 1.82) is 0 Å². The van der Waals surface area contributed by atoms with Gasteiger partial charge in [0.25, 0.3) is 0 Å². The van der Waals surface area contributed by atoms with Crippen LogP contribution in [0.15, 0.2) is 49.1 Å². The number of ether oxygens (including phenoxy) is 1. The Kier molecular flexibility index (Phi) is 7.71. The summed E-state index contributed by atoms with van der Waals surface area (Å²) in [4.78, 5) is 26.1. The van der Waals surface area contributed by atoms with Gasteiger partial charge in [0.05, 0.1) is 18.2 Å². The van der Waals surface area contributed by atoms with Crippen molar-refractivity contribution < 1.29 is 9.53 Å². The van der Waals surface area contributed by atoms with E-state index in [9.17, 15) is 4.79 Å². The van der Waals surface area contributed by atoms with Crippen LogP contribution in [-0.2, 0) is 6.54 Å². The van der Waals surface area contributed by atoms with Crippen LogP contribution in [0.2, 0.25) is 0 Å². The molecule has 37 heavy (non-hydrogen) atoms. The molecule has 3 N–H and O–H groups in total. The Morgan fingerprint density at radius 3 is 2.62 bits per heavy atom. The van der Waals surface area contributed by atoms with Crippen molar-refractivity contribution >= 4 is 11.7 Å². The minimum atomic E-state index is -0.0830. The van der Waals surface area contributed by atoms with E-state index in [0.717, 1.165) is 79.4 Å². The molecule has 0 aliphatic carbocycles. The molecule has 9 heteroatoms. The molecule has 2 aliphatic heterocycles. The lowest BCUT2D eigenvalue weighted by Crippen LogP contribution is -2.43. The third kappa shape index (κ3) is 6.67. The van der Waals surface area contributed by atoms with Crippen molar-refractivity contribution in [1.82, 2.24) is 24.3 Å². The van der Waals surface area contributed by atoms with Crippen molar-refractivity contribution in [3.8, 4) is 11.4 Å². The van der Waals surface area contributed by atoms with E-state index >= 15 is 0 Å². The highest BCUT2D eigenvalue weighted by Crippen LogP contribution is 2.23. The van der Waals surface area contributed by atoms with E-state index in [1.807, 2.05) is 54.0 Å². The van der Waals surface area contributed by atoms with Gasteiger partial charge < -0.3 is 25.3 Å². The maximum Gasteiger partial charge on any atom is 0.321 e. The fraction of sp³-hybridized carbons (Fsp3) is 0.464. The third-order valence-corrected chi connectivity index (χ3v) is 7.10. The highest BCUT2D eigenvalue weighted by molar-refractivity contribution is 5.89. The molecule has 2 aromatic heterocycles. The number of benzene rings is 1. The average Bonchev–Trinajstić information content (AvgIpc) is 3.32. The van der Waals surface area contributed by atoms with Crippen LogP contribution >= 0.6 is 0 Å². The third-order valence-electron chi connectivity index (χ3n) is 7.10. The first kappa shape index (κ1) is 25.2. The molecule has 2 saturated heterocycles. The number of amides is 2. The van der Waals surface area contributed by atoms with Gasteiger partial charge in [0.1, 0.15) is 11.9 Å². The van der Waals surface area contributed by atoms with Crippen molar-refractivity contribution in [3.63, 3.8) is 0 Å². The molecule has 1 unspecified atom stereocenters. The monoisotopic (exact) mass is 503 g/mol. The number of piperidine rings is 2. The lowest BCUT2D eigenvalue weighted by Gasteiger charge is -2.32. The predicted molar refractivity (Wildman–Crippen MR) is 144 cm³/mol. The quantitative estimate of drug-likeness (QED) is 0.529. The minimum Gasteiger partial charge on any atom is -0.489 e. The van der Waals surface area contributed by atoms with Crippen molar-refractivity contribution in [2.24, 2.45) is 5.73 Å². The summed E-state index contributed by atoms with van der Waals surface area (Å²) in [5.74, 6) is 0.780. The lowest BCUT2D eigenvalue weighted by molar-refractivity contribution is 0.115. The number of likely N-dealkylation sites (tertiary alicyclic amines) is 2. The Balaban J connectivity index is 1.24. The highest BCUT2D eigenvalue weighted by Gasteiger charge is 2.24. The van der Waals surface area contributed by atoms with Gasteiger partial charge in [-0.2, -0.15) is 0 Å². The summed E-state index contributed by atoms with van der Waals surface area (Å²) in [5.41, 5.74) is 11.0. The Bertz CT molecular complexity index is 1200. The zero-order chi connectivity index (χ0) is 25.8. The summed E-state index contributed by atoms with van der Waals surface area (Å²) >= 11 is 0. The molecule has 0 radical (unpaired) electrons. The molecule has 2 aliphatic rings. The van der Waals surface area contributed by atoms with Gasteiger partial charge in [0, 0.05) is 68.3 Å². The number of pyridine rings is 1. The predicted octanol–water partition coefficient (Wildman–Crippen LogP) is 3.88. The van der Waals surface area contributed by atoms with Crippen LogP contribution in [0.1, 0.15) is 42.6 Å². The van der Waals surface area contributed by atoms with Gasteiger partial charge in [-0.25, -0.2) is 9.78 Å². The standard InChI is InChI=1S/C28H37N7O2/c1-20-5-6-27(15-30-20)37-26-7-10-34(11-8-26)28(36)32-24-12-22(17-33-9-3-4-23(29)18-33)13-25(14-24)35-16-21(2)31-19-35/h5-6,12-16,19,23,26H,3-4,7-11,17-18,29H2,1-2H3,(H,32,36). The number of hydrogen-bond donors (Lipinski definition) is 2. The van der Waals surface area contributed by atoms with Crippen LogP contribution in [0, 0.1) is 13.8 Å². The Labute approximate surface area is 218 Å². The van der Waals surface area contributed by atoms with E-state index in [-0.39, 0.29) is 18.2 Å². The number of imidazole rings is 1. The Morgan fingerprint density at radius 2 is 1.92 bits per heavy atom. The molecular weight excluding hydrogens is 466 g/mol. The number of nitrogens with one attached hydrogen (secondary N) is 1. The fourth-order valence-corrected chi connectivity index (χ4v) is 5.14. The summed E-state index contributed by atoms with van der Waals surface area (Å²) in [6, 6.07) is 10.3. The minimum absolute atomic E-state index is 0.0830. The van der Waals surface area contributed by atoms with Gasteiger partial charge >= 0.3 is 6.03 Å². The molecule has 3 aromatic rings. The molecule has 0 saturated carbocycles. The van der Waals surface area contributed by atoms with E-state index in [1.54, 1.807) is 6.20 Å². The molecule has 5 rings (SSSR count). The Hall–Kier alpha value is -3.43. The van der Waals surface area contributed by atoms with Gasteiger partial charge in [-0.05, 0) is 69.1 Å². The number of carbonyl (C=O) groups is 1. The zero-order valence-corrected chi connectivity index (χ0v) is 21.8. The number of urea groups is 1. The van der Waals surface area contributed by atoms with E-state index in [4.69, 9.17) is 10.5 Å². The first-order valence-electron chi connectivity index (χ1n) is 13.2. The summed E-state index contributed by atoms with van der Waals surface area (Å²) < 4.78 is 8.07. The van der Waals surface area contributed by atoms with E-state index in [0.29, 0.717) is 13.1 Å². The molecule has 0 bridgehead atoms. The Morgan fingerprint density at radius 1 is 1.08 bits per heavy atom. The fourth-order valence-electron chi connectivity index (χ4n) is 5.14. The first-order valence-corrected chi connectivity index (χ1v) is 13.2. The van der Waals surface area contributed by atoms with Crippen molar-refractivity contribution in [2.75, 3.05) is 31.5 Å². The molecule has 196 valence electrons. The van der Waals surface area contributed by atoms with Gasteiger partial charge in [0.2, 0.25) is 0 Å². The first-order chi connectivity index (χ1) is 17.9. The van der Waals surface area contributed by atoms with E-state index < -0.39 is 0 Å². The number of hydrogen-bond acceptors (Lipinski definition) is 6. The van der Waals surface area contributed by atoms with Crippen LogP contribution in [0.4, 0.5) is 10.5 Å². The largest absolute Gasteiger partial charge is 0.489 e. The average molecular weight is 504 g/mol. The van der Waals surface area contributed by atoms with Crippen LogP contribution in [0.25, 0.3) is 5.69 Å². The van der Waals surface area contributed by atoms with Crippen molar-refractivity contribution in [2.45, 2.75) is 58.2 Å². The molecule has 4 heterocycles. The lowest BCUT2D eigenvalue weighted by atomic mass is 10.1. The van der Waals surface area contributed by atoms with Gasteiger partial charge in [-0.1, -0.05) is 0 Å². The van der Waals surface area contributed by atoms with Gasteiger partial charge in [0.15, 0.2) is 0 Å². The second kappa shape index (κ2) is 11.3. The maximum absolute atomic E-state index is 13.2. The maximum atomic E-state index is 13.2. The number of nitrogens with zero attached hydrogens (tertiary/aromatic N) is 5. The molecule has 2 amide bonds. The number of rotatable bonds is 6. The summed E-state index contributed by atoms with van der Waals surface area (Å²) in [7, 11) is 0. The molecule has 9 nitrogen and oxygen atoms in total. The summed E-state index contributed by atoms with van der Waals surface area (Å²) in [6.07, 6.45) is 9.43. The molecule has 2 fully saturated rings. The SMILES string of the molecule is Cc1ccc(OC2CCN(C(=O)Nc3cc(CN4CCCC(N)C4)cc(-n4cnc(C)c4)c3)CC2)cn1. The van der Waals surface area contributed by atoms with E-state index in [2.05, 4.69) is 32.3 Å². The molecular formula is C28H37N7O2. The van der Waals surface area contributed by atoms with Crippen LogP contribution < -0.4 is 15.8 Å². The van der Waals surface area contributed by atoms with Crippen LogP contribution in [0.5, 0.6) is 5.75 Å². The number of anilines is 1. The highest BCUT2D eigenvalue weighted by atomic mass is 16.5. The van der Waals surface area contributed by atoms with Crippen LogP contribution in [0.3, 0.4) is 0 Å². The second-order valence-electron chi connectivity index (χ2n) is 10.3. The number of carbonyl (C=O) groups excluding carboxylic acids is 1. The normalized spacial score (nSPS) is 19.1. The molecule has 0 spiro atoms. The smallest absolute Gasteiger partial charge is 0.321 e. The molecule has 1 aromatic carbocycles. The van der Waals surface area contributed by atoms with Gasteiger partial charge in [-0.3, -0.25) is 9.88 Å². The van der Waals surface area contributed by atoms with Gasteiger partial charge in [-0.15, -0.1) is 0 Å². The topological polar surface area (TPSA) is 102 Å². The second-order valence-corrected chi connectivity index (χ2v) is 10.3. The molecule has 1 atom stereocenters. The van der Waals surface area contributed by atoms with Crippen molar-refractivity contribution in [3.05, 3.63) is 66.0 Å².